The van der Waals surface area contributed by atoms with Crippen LogP contribution in [0.2, 0.25) is 10.0 Å². The van der Waals surface area contributed by atoms with Crippen molar-refractivity contribution < 1.29 is 0 Å². The first-order chi connectivity index (χ1) is 8.69. The molecule has 0 aromatic heterocycles. The Morgan fingerprint density at radius 3 is 2.39 bits per heavy atom. The van der Waals surface area contributed by atoms with Crippen LogP contribution in [0, 0.1) is 0 Å². The SMILES string of the molecule is CCCCCCCC(NC)c1ccc(Cl)c(Cl)c1. The second-order valence-electron chi connectivity index (χ2n) is 4.72. The molecule has 1 atom stereocenters. The zero-order valence-corrected chi connectivity index (χ0v) is 12.8. The van der Waals surface area contributed by atoms with Gasteiger partial charge in [-0.15, -0.1) is 0 Å². The van der Waals surface area contributed by atoms with E-state index in [1.165, 1.54) is 37.7 Å². The van der Waals surface area contributed by atoms with E-state index in [-0.39, 0.29) is 0 Å². The van der Waals surface area contributed by atoms with Crippen molar-refractivity contribution in [3.05, 3.63) is 33.8 Å². The van der Waals surface area contributed by atoms with Gasteiger partial charge in [-0.2, -0.15) is 0 Å². The zero-order chi connectivity index (χ0) is 13.4. The van der Waals surface area contributed by atoms with Crippen LogP contribution in [-0.2, 0) is 0 Å². The third-order valence-electron chi connectivity index (χ3n) is 3.29. The van der Waals surface area contributed by atoms with Gasteiger partial charge in [-0.05, 0) is 31.2 Å². The van der Waals surface area contributed by atoms with Crippen molar-refractivity contribution in [1.29, 1.82) is 0 Å². The van der Waals surface area contributed by atoms with Crippen molar-refractivity contribution in [2.24, 2.45) is 0 Å². The van der Waals surface area contributed by atoms with E-state index < -0.39 is 0 Å². The lowest BCUT2D eigenvalue weighted by Crippen LogP contribution is -2.16. The lowest BCUT2D eigenvalue weighted by molar-refractivity contribution is 0.501. The highest BCUT2D eigenvalue weighted by Gasteiger charge is 2.10. The van der Waals surface area contributed by atoms with Gasteiger partial charge in [-0.25, -0.2) is 0 Å². The van der Waals surface area contributed by atoms with E-state index in [1.807, 2.05) is 19.2 Å². The Balaban J connectivity index is 2.47. The smallest absolute Gasteiger partial charge is 0.0595 e. The number of halogens is 2. The second kappa shape index (κ2) is 8.79. The molecular formula is C15H23Cl2N. The van der Waals surface area contributed by atoms with E-state index in [0.717, 1.165) is 6.42 Å². The molecule has 0 radical (unpaired) electrons. The number of unbranched alkanes of at least 4 members (excludes halogenated alkanes) is 4. The summed E-state index contributed by atoms with van der Waals surface area (Å²) in [6, 6.07) is 6.28. The first kappa shape index (κ1) is 15.8. The number of hydrogen-bond acceptors (Lipinski definition) is 1. The summed E-state index contributed by atoms with van der Waals surface area (Å²) in [5, 5.41) is 4.62. The fourth-order valence-electron chi connectivity index (χ4n) is 2.16. The Hall–Kier alpha value is -0.240. The van der Waals surface area contributed by atoms with Gasteiger partial charge >= 0.3 is 0 Å². The van der Waals surface area contributed by atoms with Crippen LogP contribution in [0.5, 0.6) is 0 Å². The van der Waals surface area contributed by atoms with Gasteiger partial charge in [0.05, 0.1) is 10.0 Å². The largest absolute Gasteiger partial charge is 0.313 e. The van der Waals surface area contributed by atoms with Crippen LogP contribution in [0.3, 0.4) is 0 Å². The lowest BCUT2D eigenvalue weighted by Gasteiger charge is -2.17. The maximum absolute atomic E-state index is 6.06. The van der Waals surface area contributed by atoms with Gasteiger partial charge < -0.3 is 5.32 Å². The number of hydrogen-bond donors (Lipinski definition) is 1. The summed E-state index contributed by atoms with van der Waals surface area (Å²) in [6.07, 6.45) is 7.70. The van der Waals surface area contributed by atoms with Gasteiger partial charge in [0, 0.05) is 6.04 Å². The quantitative estimate of drug-likeness (QED) is 0.613. The third kappa shape index (κ3) is 5.17. The maximum Gasteiger partial charge on any atom is 0.0595 e. The molecule has 1 rings (SSSR count). The van der Waals surface area contributed by atoms with Gasteiger partial charge in [0.15, 0.2) is 0 Å². The van der Waals surface area contributed by atoms with Crippen LogP contribution in [0.25, 0.3) is 0 Å². The fourth-order valence-corrected chi connectivity index (χ4v) is 2.47. The van der Waals surface area contributed by atoms with Gasteiger partial charge in [0.1, 0.15) is 0 Å². The minimum absolute atomic E-state index is 0.376. The van der Waals surface area contributed by atoms with Gasteiger partial charge in [-0.3, -0.25) is 0 Å². The molecule has 1 aromatic carbocycles. The Morgan fingerprint density at radius 2 is 1.78 bits per heavy atom. The monoisotopic (exact) mass is 287 g/mol. The van der Waals surface area contributed by atoms with Crippen LogP contribution in [0.15, 0.2) is 18.2 Å². The van der Waals surface area contributed by atoms with Crippen molar-refractivity contribution >= 4 is 23.2 Å². The normalized spacial score (nSPS) is 12.7. The van der Waals surface area contributed by atoms with Crippen LogP contribution >= 0.6 is 23.2 Å². The molecule has 0 amide bonds. The van der Waals surface area contributed by atoms with Crippen LogP contribution in [0.4, 0.5) is 0 Å². The highest BCUT2D eigenvalue weighted by atomic mass is 35.5. The summed E-state index contributed by atoms with van der Waals surface area (Å²) in [5.74, 6) is 0. The predicted molar refractivity (Wildman–Crippen MR) is 81.6 cm³/mol. The highest BCUT2D eigenvalue weighted by molar-refractivity contribution is 6.42. The summed E-state index contributed by atoms with van der Waals surface area (Å²) < 4.78 is 0. The van der Waals surface area contributed by atoms with Crippen molar-refractivity contribution in [1.82, 2.24) is 5.32 Å². The van der Waals surface area contributed by atoms with E-state index in [2.05, 4.69) is 18.3 Å². The first-order valence-electron chi connectivity index (χ1n) is 6.81. The molecule has 0 saturated heterocycles. The van der Waals surface area contributed by atoms with E-state index in [9.17, 15) is 0 Å². The van der Waals surface area contributed by atoms with Crippen LogP contribution < -0.4 is 5.32 Å². The Bertz CT molecular complexity index is 352. The molecule has 1 N–H and O–H groups in total. The maximum atomic E-state index is 6.06. The number of nitrogens with one attached hydrogen (secondary N) is 1. The minimum atomic E-state index is 0.376. The number of rotatable bonds is 8. The Morgan fingerprint density at radius 1 is 1.06 bits per heavy atom. The van der Waals surface area contributed by atoms with E-state index in [1.54, 1.807) is 0 Å². The lowest BCUT2D eigenvalue weighted by atomic mass is 10.00. The molecular weight excluding hydrogens is 265 g/mol. The molecule has 1 nitrogen and oxygen atoms in total. The van der Waals surface area contributed by atoms with E-state index in [0.29, 0.717) is 16.1 Å². The van der Waals surface area contributed by atoms with Crippen LogP contribution in [-0.4, -0.2) is 7.05 Å². The van der Waals surface area contributed by atoms with Crippen molar-refractivity contribution in [2.45, 2.75) is 51.5 Å². The highest BCUT2D eigenvalue weighted by Crippen LogP contribution is 2.27. The summed E-state index contributed by atoms with van der Waals surface area (Å²) in [6.45, 7) is 2.24. The second-order valence-corrected chi connectivity index (χ2v) is 5.53. The zero-order valence-electron chi connectivity index (χ0n) is 11.3. The van der Waals surface area contributed by atoms with E-state index in [4.69, 9.17) is 23.2 Å². The van der Waals surface area contributed by atoms with Crippen molar-refractivity contribution in [2.75, 3.05) is 7.05 Å². The molecule has 0 fully saturated rings. The van der Waals surface area contributed by atoms with Crippen molar-refractivity contribution in [3.8, 4) is 0 Å². The summed E-state index contributed by atoms with van der Waals surface area (Å²) in [4.78, 5) is 0. The first-order valence-corrected chi connectivity index (χ1v) is 7.56. The standard InChI is InChI=1S/C15H23Cl2N/c1-3-4-5-6-7-8-15(18-2)12-9-10-13(16)14(17)11-12/h9-11,15,18H,3-8H2,1-2H3. The topological polar surface area (TPSA) is 12.0 Å². The molecule has 0 aliphatic rings. The van der Waals surface area contributed by atoms with E-state index >= 15 is 0 Å². The summed E-state index contributed by atoms with van der Waals surface area (Å²) in [7, 11) is 2.00. The third-order valence-corrected chi connectivity index (χ3v) is 4.03. The van der Waals surface area contributed by atoms with Crippen molar-refractivity contribution in [3.63, 3.8) is 0 Å². The molecule has 0 aliphatic heterocycles. The van der Waals surface area contributed by atoms with Gasteiger partial charge in [0.25, 0.3) is 0 Å². The minimum Gasteiger partial charge on any atom is -0.313 e. The van der Waals surface area contributed by atoms with Crippen LogP contribution in [0.1, 0.15) is 57.1 Å². The summed E-state index contributed by atoms with van der Waals surface area (Å²) >= 11 is 12.0. The predicted octanol–water partition coefficient (Wildman–Crippen LogP) is 5.61. The van der Waals surface area contributed by atoms with Gasteiger partial charge in [-0.1, -0.05) is 68.3 Å². The van der Waals surface area contributed by atoms with Gasteiger partial charge in [0.2, 0.25) is 0 Å². The Labute approximate surface area is 121 Å². The average molecular weight is 288 g/mol. The Kier molecular flexibility index (Phi) is 7.73. The molecule has 18 heavy (non-hydrogen) atoms. The summed E-state index contributed by atoms with van der Waals surface area (Å²) in [5.41, 5.74) is 1.22. The molecule has 0 bridgehead atoms. The molecule has 0 saturated carbocycles. The molecule has 0 spiro atoms. The molecule has 0 aliphatic carbocycles. The molecule has 1 aromatic rings. The molecule has 102 valence electrons. The average Bonchev–Trinajstić information content (AvgIpc) is 2.37. The molecule has 1 unspecified atom stereocenters. The number of benzene rings is 1. The fraction of sp³-hybridized carbons (Fsp3) is 0.600. The molecule has 0 heterocycles. The molecule has 3 heteroatoms.